The van der Waals surface area contributed by atoms with Crippen LogP contribution in [0.4, 0.5) is 4.39 Å². The van der Waals surface area contributed by atoms with E-state index in [1.807, 2.05) is 4.90 Å². The number of halogens is 2. The van der Waals surface area contributed by atoms with Gasteiger partial charge in [0.2, 0.25) is 0 Å². The molecule has 1 fully saturated rings. The first-order valence-corrected chi connectivity index (χ1v) is 7.18. The Labute approximate surface area is 115 Å². The lowest BCUT2D eigenvalue weighted by molar-refractivity contribution is 0.0606. The third-order valence-electron chi connectivity index (χ3n) is 3.52. The molecule has 1 atom stereocenters. The average molecular weight is 314 g/mol. The molecule has 0 spiro atoms. The van der Waals surface area contributed by atoms with E-state index in [-0.39, 0.29) is 11.7 Å². The molecule has 0 bridgehead atoms. The lowest BCUT2D eigenvalue weighted by Crippen LogP contribution is -2.43. The first kappa shape index (κ1) is 13.5. The zero-order valence-electron chi connectivity index (χ0n) is 10.5. The van der Waals surface area contributed by atoms with E-state index in [2.05, 4.69) is 22.9 Å². The van der Waals surface area contributed by atoms with E-state index in [1.165, 1.54) is 18.6 Å². The SMILES string of the molecule is CCC1CCCCN1C(=O)c1cc(F)ccc1Br. The first-order chi connectivity index (χ1) is 8.63. The lowest BCUT2D eigenvalue weighted by Gasteiger charge is -2.35. The summed E-state index contributed by atoms with van der Waals surface area (Å²) in [6, 6.07) is 4.55. The molecule has 18 heavy (non-hydrogen) atoms. The van der Waals surface area contributed by atoms with Gasteiger partial charge < -0.3 is 4.90 Å². The van der Waals surface area contributed by atoms with Crippen molar-refractivity contribution >= 4 is 21.8 Å². The fourth-order valence-corrected chi connectivity index (χ4v) is 2.92. The van der Waals surface area contributed by atoms with Crippen molar-refractivity contribution in [2.75, 3.05) is 6.54 Å². The number of carbonyl (C=O) groups excluding carboxylic acids is 1. The Bertz CT molecular complexity index is 449. The number of likely N-dealkylation sites (tertiary alicyclic amines) is 1. The van der Waals surface area contributed by atoms with Crippen LogP contribution in [0.2, 0.25) is 0 Å². The van der Waals surface area contributed by atoms with Crippen LogP contribution in [0.25, 0.3) is 0 Å². The Hall–Kier alpha value is -0.900. The third-order valence-corrected chi connectivity index (χ3v) is 4.21. The summed E-state index contributed by atoms with van der Waals surface area (Å²) in [5, 5.41) is 0. The molecule has 1 aromatic carbocycles. The van der Waals surface area contributed by atoms with E-state index >= 15 is 0 Å². The van der Waals surface area contributed by atoms with Gasteiger partial charge in [0.25, 0.3) is 5.91 Å². The molecule has 2 nitrogen and oxygen atoms in total. The van der Waals surface area contributed by atoms with Crippen molar-refractivity contribution in [1.29, 1.82) is 0 Å². The zero-order chi connectivity index (χ0) is 13.1. The van der Waals surface area contributed by atoms with Gasteiger partial charge in [0.05, 0.1) is 5.56 Å². The molecule has 1 aliphatic rings. The molecular formula is C14H17BrFNO. The van der Waals surface area contributed by atoms with Crippen LogP contribution in [0.1, 0.15) is 43.0 Å². The highest BCUT2D eigenvalue weighted by Gasteiger charge is 2.27. The standard InChI is InChI=1S/C14H17BrFNO/c1-2-11-5-3-4-8-17(11)14(18)12-9-10(16)6-7-13(12)15/h6-7,9,11H,2-5,8H2,1H3. The quantitative estimate of drug-likeness (QED) is 0.808. The smallest absolute Gasteiger partial charge is 0.255 e. The maximum absolute atomic E-state index is 13.3. The van der Waals surface area contributed by atoms with Gasteiger partial charge in [0, 0.05) is 17.1 Å². The normalized spacial score (nSPS) is 19.9. The predicted octanol–water partition coefficient (Wildman–Crippen LogP) is 3.99. The Kier molecular flexibility index (Phi) is 4.38. The zero-order valence-corrected chi connectivity index (χ0v) is 12.0. The number of carbonyl (C=O) groups is 1. The molecule has 4 heteroatoms. The van der Waals surface area contributed by atoms with E-state index in [0.717, 1.165) is 25.8 Å². The van der Waals surface area contributed by atoms with E-state index in [4.69, 9.17) is 0 Å². The predicted molar refractivity (Wildman–Crippen MR) is 73.1 cm³/mol. The van der Waals surface area contributed by atoms with Crippen molar-refractivity contribution in [3.8, 4) is 0 Å². The first-order valence-electron chi connectivity index (χ1n) is 6.39. The molecule has 2 rings (SSSR count). The van der Waals surface area contributed by atoms with Crippen molar-refractivity contribution in [3.05, 3.63) is 34.1 Å². The number of amides is 1. The minimum Gasteiger partial charge on any atom is -0.336 e. The molecule has 1 saturated heterocycles. The van der Waals surface area contributed by atoms with Crippen LogP contribution in [0.5, 0.6) is 0 Å². The summed E-state index contributed by atoms with van der Waals surface area (Å²) >= 11 is 3.33. The highest BCUT2D eigenvalue weighted by molar-refractivity contribution is 9.10. The summed E-state index contributed by atoms with van der Waals surface area (Å²) in [4.78, 5) is 14.4. The average Bonchev–Trinajstić information content (AvgIpc) is 2.40. The van der Waals surface area contributed by atoms with E-state index in [1.54, 1.807) is 6.07 Å². The second-order valence-electron chi connectivity index (χ2n) is 4.68. The van der Waals surface area contributed by atoms with E-state index in [9.17, 15) is 9.18 Å². The van der Waals surface area contributed by atoms with Crippen LogP contribution >= 0.6 is 15.9 Å². The van der Waals surface area contributed by atoms with Crippen LogP contribution in [0.3, 0.4) is 0 Å². The number of rotatable bonds is 2. The Balaban J connectivity index is 2.26. The fourth-order valence-electron chi connectivity index (χ4n) is 2.51. The molecule has 1 amide bonds. The fraction of sp³-hybridized carbons (Fsp3) is 0.500. The molecule has 1 aliphatic heterocycles. The van der Waals surface area contributed by atoms with Crippen molar-refractivity contribution < 1.29 is 9.18 Å². The van der Waals surface area contributed by atoms with Crippen LogP contribution in [-0.2, 0) is 0 Å². The van der Waals surface area contributed by atoms with Gasteiger partial charge in [-0.3, -0.25) is 4.79 Å². The van der Waals surface area contributed by atoms with Crippen LogP contribution in [0, 0.1) is 5.82 Å². The maximum Gasteiger partial charge on any atom is 0.255 e. The minimum absolute atomic E-state index is 0.0621. The second-order valence-corrected chi connectivity index (χ2v) is 5.53. The van der Waals surface area contributed by atoms with Gasteiger partial charge in [-0.05, 0) is 59.8 Å². The number of nitrogens with zero attached hydrogens (tertiary/aromatic N) is 1. The summed E-state index contributed by atoms with van der Waals surface area (Å²) in [6.45, 7) is 2.87. The molecule has 0 aliphatic carbocycles. The van der Waals surface area contributed by atoms with Gasteiger partial charge in [-0.1, -0.05) is 6.92 Å². The van der Waals surface area contributed by atoms with Crippen LogP contribution < -0.4 is 0 Å². The number of benzene rings is 1. The highest BCUT2D eigenvalue weighted by atomic mass is 79.9. The van der Waals surface area contributed by atoms with Gasteiger partial charge in [0.1, 0.15) is 5.82 Å². The highest BCUT2D eigenvalue weighted by Crippen LogP contribution is 2.25. The molecule has 1 unspecified atom stereocenters. The molecule has 0 aromatic heterocycles. The monoisotopic (exact) mass is 313 g/mol. The molecule has 1 heterocycles. The van der Waals surface area contributed by atoms with Crippen molar-refractivity contribution in [1.82, 2.24) is 4.90 Å². The maximum atomic E-state index is 13.3. The Morgan fingerprint density at radius 1 is 1.50 bits per heavy atom. The lowest BCUT2D eigenvalue weighted by atomic mass is 9.99. The molecule has 98 valence electrons. The molecule has 0 radical (unpaired) electrons. The number of piperidine rings is 1. The summed E-state index contributed by atoms with van der Waals surface area (Å²) in [6.07, 6.45) is 4.22. The third kappa shape index (κ3) is 2.74. The van der Waals surface area contributed by atoms with E-state index in [0.29, 0.717) is 16.1 Å². The topological polar surface area (TPSA) is 20.3 Å². The minimum atomic E-state index is -0.369. The van der Waals surface area contributed by atoms with Crippen LogP contribution in [-0.4, -0.2) is 23.4 Å². The summed E-state index contributed by atoms with van der Waals surface area (Å²) in [5.74, 6) is -0.431. The van der Waals surface area contributed by atoms with Gasteiger partial charge >= 0.3 is 0 Å². The van der Waals surface area contributed by atoms with Crippen molar-refractivity contribution in [2.45, 2.75) is 38.6 Å². The number of hydrogen-bond donors (Lipinski definition) is 0. The second kappa shape index (κ2) is 5.83. The molecular weight excluding hydrogens is 297 g/mol. The largest absolute Gasteiger partial charge is 0.336 e. The van der Waals surface area contributed by atoms with Crippen LogP contribution in [0.15, 0.2) is 22.7 Å². The summed E-state index contributed by atoms with van der Waals surface area (Å²) in [7, 11) is 0. The Morgan fingerprint density at radius 3 is 3.00 bits per heavy atom. The van der Waals surface area contributed by atoms with E-state index < -0.39 is 0 Å². The van der Waals surface area contributed by atoms with Gasteiger partial charge in [-0.2, -0.15) is 0 Å². The van der Waals surface area contributed by atoms with Crippen molar-refractivity contribution in [3.63, 3.8) is 0 Å². The molecule has 0 N–H and O–H groups in total. The molecule has 0 saturated carbocycles. The Morgan fingerprint density at radius 2 is 2.28 bits per heavy atom. The van der Waals surface area contributed by atoms with Gasteiger partial charge in [0.15, 0.2) is 0 Å². The summed E-state index contributed by atoms with van der Waals surface area (Å²) < 4.78 is 13.9. The van der Waals surface area contributed by atoms with Gasteiger partial charge in [-0.15, -0.1) is 0 Å². The molecule has 1 aromatic rings. The number of hydrogen-bond acceptors (Lipinski definition) is 1. The van der Waals surface area contributed by atoms with Crippen molar-refractivity contribution in [2.24, 2.45) is 0 Å². The van der Waals surface area contributed by atoms with Gasteiger partial charge in [-0.25, -0.2) is 4.39 Å². The summed E-state index contributed by atoms with van der Waals surface area (Å²) in [5.41, 5.74) is 0.426.